The van der Waals surface area contributed by atoms with Gasteiger partial charge in [0.15, 0.2) is 11.9 Å². The Labute approximate surface area is 221 Å². The zero-order chi connectivity index (χ0) is 27.9. The highest BCUT2D eigenvalue weighted by Crippen LogP contribution is 2.04. The fourth-order valence-electron chi connectivity index (χ4n) is 3.50. The molecule has 13 nitrogen and oxygen atoms in total. The number of guanidine groups is 2. The maximum atomic E-state index is 12.7. The highest BCUT2D eigenvalue weighted by Gasteiger charge is 2.15. The standard InChI is InChI=1S/C24H50N10O3/c1-3-8-19(2)22(37)31-14-5-12-29-11-4-13-30-20(35)9-10-21(36)34(17-6-15-32-23(25)26)18-7-16-33-24(27)28/h19,29H,3-18H2,1-2H3,(H,30,35)(H,31,37)(H4,25,26,32)(H4,27,28,33). The lowest BCUT2D eigenvalue weighted by Gasteiger charge is -2.22. The largest absolute Gasteiger partial charge is 0.370 e. The van der Waals surface area contributed by atoms with Crippen molar-refractivity contribution in [3.63, 3.8) is 0 Å². The quantitative estimate of drug-likeness (QED) is 0.0523. The molecular formula is C24H50N10O3. The third kappa shape index (κ3) is 20.8. The summed E-state index contributed by atoms with van der Waals surface area (Å²) in [7, 11) is 0. The molecular weight excluding hydrogens is 476 g/mol. The van der Waals surface area contributed by atoms with Crippen LogP contribution in [0.5, 0.6) is 0 Å². The molecule has 3 amide bonds. The van der Waals surface area contributed by atoms with E-state index in [1.165, 1.54) is 0 Å². The van der Waals surface area contributed by atoms with Gasteiger partial charge in [0.05, 0.1) is 0 Å². The summed E-state index contributed by atoms with van der Waals surface area (Å²) in [6.45, 7) is 8.57. The molecule has 0 saturated heterocycles. The van der Waals surface area contributed by atoms with Crippen molar-refractivity contribution in [3.8, 4) is 0 Å². The molecule has 0 aliphatic rings. The van der Waals surface area contributed by atoms with Crippen LogP contribution in [0.3, 0.4) is 0 Å². The third-order valence-electron chi connectivity index (χ3n) is 5.53. The Balaban J connectivity index is 4.07. The molecule has 0 aromatic rings. The van der Waals surface area contributed by atoms with E-state index in [9.17, 15) is 14.4 Å². The molecule has 0 aliphatic carbocycles. The minimum absolute atomic E-state index is 0.0125. The molecule has 11 N–H and O–H groups in total. The second-order valence-corrected chi connectivity index (χ2v) is 8.99. The second-order valence-electron chi connectivity index (χ2n) is 8.99. The van der Waals surface area contributed by atoms with Gasteiger partial charge >= 0.3 is 0 Å². The van der Waals surface area contributed by atoms with E-state index in [0.29, 0.717) is 52.1 Å². The molecule has 0 heterocycles. The van der Waals surface area contributed by atoms with Crippen molar-refractivity contribution in [2.45, 2.75) is 65.2 Å². The number of nitrogens with zero attached hydrogens (tertiary/aromatic N) is 3. The number of carbonyl (C=O) groups excluding carboxylic acids is 3. The van der Waals surface area contributed by atoms with Crippen LogP contribution in [0.15, 0.2) is 9.98 Å². The average molecular weight is 527 g/mol. The van der Waals surface area contributed by atoms with E-state index in [0.717, 1.165) is 38.8 Å². The average Bonchev–Trinajstić information content (AvgIpc) is 2.84. The van der Waals surface area contributed by atoms with Crippen LogP contribution < -0.4 is 38.9 Å². The van der Waals surface area contributed by atoms with Gasteiger partial charge in [0.25, 0.3) is 0 Å². The van der Waals surface area contributed by atoms with Crippen LogP contribution in [-0.4, -0.2) is 86.9 Å². The summed E-state index contributed by atoms with van der Waals surface area (Å²) >= 11 is 0. The molecule has 0 aromatic heterocycles. The molecule has 37 heavy (non-hydrogen) atoms. The summed E-state index contributed by atoms with van der Waals surface area (Å²) in [5, 5.41) is 9.11. The van der Waals surface area contributed by atoms with Crippen LogP contribution in [0.4, 0.5) is 0 Å². The number of hydrogen-bond acceptors (Lipinski definition) is 6. The number of hydrogen-bond donors (Lipinski definition) is 7. The van der Waals surface area contributed by atoms with Crippen LogP contribution in [0.2, 0.25) is 0 Å². The van der Waals surface area contributed by atoms with Gasteiger partial charge in [-0.2, -0.15) is 0 Å². The maximum absolute atomic E-state index is 12.7. The van der Waals surface area contributed by atoms with Crippen LogP contribution in [0.1, 0.15) is 65.2 Å². The lowest BCUT2D eigenvalue weighted by Crippen LogP contribution is -2.35. The first-order chi connectivity index (χ1) is 17.7. The first kappa shape index (κ1) is 33.9. The monoisotopic (exact) mass is 526 g/mol. The molecule has 0 radical (unpaired) electrons. The molecule has 214 valence electrons. The number of aliphatic imine (C=N–C) groups is 2. The van der Waals surface area contributed by atoms with Crippen molar-refractivity contribution in [1.82, 2.24) is 20.9 Å². The molecule has 0 saturated carbocycles. The Morgan fingerprint density at radius 2 is 1.32 bits per heavy atom. The van der Waals surface area contributed by atoms with Gasteiger partial charge in [-0.3, -0.25) is 24.4 Å². The van der Waals surface area contributed by atoms with Gasteiger partial charge in [-0.15, -0.1) is 0 Å². The van der Waals surface area contributed by atoms with E-state index in [1.54, 1.807) is 4.90 Å². The minimum atomic E-state index is -0.154. The van der Waals surface area contributed by atoms with Crippen molar-refractivity contribution in [3.05, 3.63) is 0 Å². The summed E-state index contributed by atoms with van der Waals surface area (Å²) in [5.74, 6) is -0.0626. The van der Waals surface area contributed by atoms with Gasteiger partial charge in [0.1, 0.15) is 0 Å². The Hall–Kier alpha value is -3.09. The highest BCUT2D eigenvalue weighted by molar-refractivity contribution is 5.83. The smallest absolute Gasteiger partial charge is 0.223 e. The molecule has 13 heteroatoms. The van der Waals surface area contributed by atoms with Gasteiger partial charge in [-0.1, -0.05) is 20.3 Å². The summed E-state index contributed by atoms with van der Waals surface area (Å²) in [4.78, 5) is 46.2. The summed E-state index contributed by atoms with van der Waals surface area (Å²) < 4.78 is 0. The highest BCUT2D eigenvalue weighted by atomic mass is 16.2. The Kier molecular flexibility index (Phi) is 20.3. The number of amides is 3. The van der Waals surface area contributed by atoms with E-state index in [-0.39, 0.29) is 48.4 Å². The van der Waals surface area contributed by atoms with E-state index in [2.05, 4.69) is 32.9 Å². The molecule has 0 bridgehead atoms. The van der Waals surface area contributed by atoms with Crippen molar-refractivity contribution >= 4 is 29.6 Å². The van der Waals surface area contributed by atoms with Crippen molar-refractivity contribution in [2.75, 3.05) is 52.4 Å². The lowest BCUT2D eigenvalue weighted by molar-refractivity contribution is -0.133. The first-order valence-electron chi connectivity index (χ1n) is 13.3. The van der Waals surface area contributed by atoms with Crippen LogP contribution >= 0.6 is 0 Å². The Bertz CT molecular complexity index is 683. The lowest BCUT2D eigenvalue weighted by atomic mass is 10.1. The fraction of sp³-hybridized carbons (Fsp3) is 0.792. The van der Waals surface area contributed by atoms with Crippen LogP contribution in [0.25, 0.3) is 0 Å². The molecule has 0 fully saturated rings. The third-order valence-corrected chi connectivity index (χ3v) is 5.53. The SMILES string of the molecule is CCCC(C)C(=O)NCCCNCCCNC(=O)CCC(=O)N(CCCN=C(N)N)CCCN=C(N)N. The molecule has 1 unspecified atom stereocenters. The molecule has 1 atom stereocenters. The van der Waals surface area contributed by atoms with Crippen molar-refractivity contribution < 1.29 is 14.4 Å². The summed E-state index contributed by atoms with van der Waals surface area (Å²) in [6, 6.07) is 0. The number of nitrogens with two attached hydrogens (primary N) is 4. The molecule has 0 aliphatic heterocycles. The van der Waals surface area contributed by atoms with Gasteiger partial charge < -0.3 is 43.8 Å². The van der Waals surface area contributed by atoms with Crippen LogP contribution in [0, 0.1) is 5.92 Å². The predicted molar refractivity (Wildman–Crippen MR) is 149 cm³/mol. The minimum Gasteiger partial charge on any atom is -0.370 e. The summed E-state index contributed by atoms with van der Waals surface area (Å²) in [6.07, 6.45) is 5.01. The van der Waals surface area contributed by atoms with Crippen LogP contribution in [-0.2, 0) is 14.4 Å². The Morgan fingerprint density at radius 1 is 0.784 bits per heavy atom. The predicted octanol–water partition coefficient (Wildman–Crippen LogP) is -1.04. The normalized spacial score (nSPS) is 11.3. The van der Waals surface area contributed by atoms with E-state index >= 15 is 0 Å². The second kappa shape index (κ2) is 22.1. The number of nitrogens with one attached hydrogen (secondary N) is 3. The first-order valence-corrected chi connectivity index (χ1v) is 13.3. The molecule has 0 aromatic carbocycles. The molecule has 0 spiro atoms. The van der Waals surface area contributed by atoms with Gasteiger partial charge in [-0.05, 0) is 45.2 Å². The topological polar surface area (TPSA) is 219 Å². The van der Waals surface area contributed by atoms with Gasteiger partial charge in [0.2, 0.25) is 17.7 Å². The molecule has 0 rings (SSSR count). The van der Waals surface area contributed by atoms with E-state index in [1.807, 2.05) is 6.92 Å². The van der Waals surface area contributed by atoms with Gasteiger partial charge in [-0.25, -0.2) is 0 Å². The van der Waals surface area contributed by atoms with Crippen molar-refractivity contribution in [1.29, 1.82) is 0 Å². The number of rotatable bonds is 22. The summed E-state index contributed by atoms with van der Waals surface area (Å²) in [5.41, 5.74) is 21.3. The van der Waals surface area contributed by atoms with Gasteiger partial charge in [0, 0.05) is 58.0 Å². The fourth-order valence-corrected chi connectivity index (χ4v) is 3.50. The Morgan fingerprint density at radius 3 is 1.84 bits per heavy atom. The number of carbonyl (C=O) groups is 3. The van der Waals surface area contributed by atoms with E-state index < -0.39 is 0 Å². The van der Waals surface area contributed by atoms with E-state index in [4.69, 9.17) is 22.9 Å². The zero-order valence-electron chi connectivity index (χ0n) is 22.8. The zero-order valence-corrected chi connectivity index (χ0v) is 22.8. The maximum Gasteiger partial charge on any atom is 0.223 e. The van der Waals surface area contributed by atoms with Crippen molar-refractivity contribution in [2.24, 2.45) is 38.8 Å².